The number of nitrogens with zero attached hydrogens (tertiary/aromatic N) is 2. The van der Waals surface area contributed by atoms with Crippen LogP contribution < -0.4 is 26.2 Å². The molecule has 0 spiro atoms. The minimum atomic E-state index is -0.291. The van der Waals surface area contributed by atoms with Crippen molar-refractivity contribution >= 4 is 101 Å². The van der Waals surface area contributed by atoms with Crippen molar-refractivity contribution in [3.8, 4) is 77.9 Å². The Bertz CT molecular complexity index is 5480. The molecule has 0 radical (unpaired) electrons. The fourth-order valence-electron chi connectivity index (χ4n) is 15.5. The zero-order valence-electron chi connectivity index (χ0n) is 52.6. The highest BCUT2D eigenvalue weighted by Gasteiger charge is 2.46. The molecule has 2 aliphatic rings. The number of benzene rings is 15. The van der Waals surface area contributed by atoms with Crippen LogP contribution in [0.1, 0.15) is 26.3 Å². The van der Waals surface area contributed by atoms with E-state index in [4.69, 9.17) is 4.42 Å². The maximum atomic E-state index is 6.66. The Balaban J connectivity index is 0.999. The summed E-state index contributed by atoms with van der Waals surface area (Å²) < 4.78 is 6.66. The first-order chi connectivity index (χ1) is 46.3. The molecule has 3 nitrogen and oxygen atoms in total. The summed E-state index contributed by atoms with van der Waals surface area (Å²) in [5.41, 5.74) is 29.4. The fraction of sp³-hybridized carbons (Fsp3) is 0.0444. The molecule has 0 N–H and O–H groups in total. The van der Waals surface area contributed by atoms with Crippen LogP contribution in [0.4, 0.5) is 34.1 Å². The van der Waals surface area contributed by atoms with Crippen molar-refractivity contribution in [1.29, 1.82) is 0 Å². The maximum absolute atomic E-state index is 6.66. The fourth-order valence-corrected chi connectivity index (χ4v) is 15.5. The molecule has 0 saturated heterocycles. The molecule has 0 aliphatic carbocycles. The first-order valence-corrected chi connectivity index (χ1v) is 32.8. The monoisotopic (exact) mass is 1200 g/mol. The summed E-state index contributed by atoms with van der Waals surface area (Å²) in [6.45, 7) is 6.89. The maximum Gasteiger partial charge on any atom is 0.252 e. The predicted molar refractivity (Wildman–Crippen MR) is 400 cm³/mol. The molecule has 18 rings (SSSR count). The summed E-state index contributed by atoms with van der Waals surface area (Å²) in [7, 11) is 0. The molecule has 3 heterocycles. The van der Waals surface area contributed by atoms with Gasteiger partial charge in [-0.25, -0.2) is 0 Å². The van der Waals surface area contributed by atoms with Gasteiger partial charge in [0.15, 0.2) is 0 Å². The molecule has 0 unspecified atom stereocenters. The minimum absolute atomic E-state index is 0.234. The zero-order valence-corrected chi connectivity index (χ0v) is 52.6. The van der Waals surface area contributed by atoms with Gasteiger partial charge in [0.1, 0.15) is 11.2 Å². The quantitative estimate of drug-likeness (QED) is 0.106. The smallest absolute Gasteiger partial charge is 0.252 e. The molecule has 0 saturated carbocycles. The van der Waals surface area contributed by atoms with Crippen LogP contribution in [-0.2, 0) is 5.41 Å². The van der Waals surface area contributed by atoms with Gasteiger partial charge < -0.3 is 14.2 Å². The van der Waals surface area contributed by atoms with E-state index in [2.05, 4.69) is 358 Å². The van der Waals surface area contributed by atoms with Crippen LogP contribution in [0.15, 0.2) is 332 Å². The Labute approximate surface area is 548 Å². The van der Waals surface area contributed by atoms with Crippen molar-refractivity contribution in [2.45, 2.75) is 26.2 Å². The third kappa shape index (κ3) is 8.89. The molecule has 442 valence electrons. The van der Waals surface area contributed by atoms with Crippen LogP contribution in [0, 0.1) is 0 Å². The van der Waals surface area contributed by atoms with Crippen LogP contribution in [0.2, 0.25) is 0 Å². The number of para-hydroxylation sites is 3. The van der Waals surface area contributed by atoms with Gasteiger partial charge in [-0.1, -0.05) is 306 Å². The summed E-state index contributed by atoms with van der Waals surface area (Å²) in [6, 6.07) is 122. The Morgan fingerprint density at radius 1 is 0.266 bits per heavy atom. The Hall–Kier alpha value is -11.7. The second-order valence-electron chi connectivity index (χ2n) is 26.2. The lowest BCUT2D eigenvalue weighted by Gasteiger charge is -2.46. The van der Waals surface area contributed by atoms with E-state index in [1.54, 1.807) is 0 Å². The van der Waals surface area contributed by atoms with E-state index in [0.717, 1.165) is 117 Å². The minimum Gasteiger partial charge on any atom is -0.456 e. The van der Waals surface area contributed by atoms with Gasteiger partial charge in [0, 0.05) is 55.8 Å². The van der Waals surface area contributed by atoms with E-state index in [1.807, 2.05) is 0 Å². The van der Waals surface area contributed by atoms with Crippen LogP contribution in [0.3, 0.4) is 0 Å². The second kappa shape index (κ2) is 22.0. The number of rotatable bonds is 9. The van der Waals surface area contributed by atoms with Crippen molar-refractivity contribution in [2.75, 3.05) is 9.80 Å². The molecule has 2 aliphatic heterocycles. The standard InChI is InChI=1S/C90H63BN2O/c1-90(2,3)66-56-81-87-82(57-66)93(89-69(60-31-13-6-14-32-60)44-26-45-70(89)61-33-15-7-16-34-61)80-54-65(86-75-40-21-19-38-73(75)85(62-35-17-8-18-36-62)74-39-20-22-41-76(74)86)48-51-77(80)91(87)78-53-63(64-47-50-72-71-37-23-24-46-83(71)94-84(72)55-64)49-52-79(78)92(81)88-67(58-27-9-4-10-28-58)42-25-43-68(88)59-29-11-5-12-30-59/h4-57H,1-3H3. The zero-order chi connectivity index (χ0) is 62.6. The molecule has 0 fully saturated rings. The topological polar surface area (TPSA) is 19.6 Å². The van der Waals surface area contributed by atoms with Crippen molar-refractivity contribution in [2.24, 2.45) is 0 Å². The molecule has 15 aromatic carbocycles. The number of hydrogen-bond acceptors (Lipinski definition) is 3. The molecule has 0 bridgehead atoms. The Morgan fingerprint density at radius 3 is 1.15 bits per heavy atom. The summed E-state index contributed by atoms with van der Waals surface area (Å²) in [6.07, 6.45) is 0. The van der Waals surface area contributed by atoms with Crippen LogP contribution >= 0.6 is 0 Å². The summed E-state index contributed by atoms with van der Waals surface area (Å²) in [4.78, 5) is 5.35. The number of anilines is 6. The van der Waals surface area contributed by atoms with Gasteiger partial charge in [-0.05, 0) is 147 Å². The molecular formula is C90H63BN2O. The van der Waals surface area contributed by atoms with E-state index in [9.17, 15) is 0 Å². The van der Waals surface area contributed by atoms with Crippen molar-refractivity contribution in [3.63, 3.8) is 0 Å². The number of furan rings is 1. The lowest BCUT2D eigenvalue weighted by Crippen LogP contribution is -2.61. The van der Waals surface area contributed by atoms with Gasteiger partial charge in [0.2, 0.25) is 0 Å². The van der Waals surface area contributed by atoms with Gasteiger partial charge in [0.05, 0.1) is 11.4 Å². The van der Waals surface area contributed by atoms with E-state index < -0.39 is 0 Å². The summed E-state index contributed by atoms with van der Waals surface area (Å²) in [5, 5.41) is 7.11. The highest BCUT2D eigenvalue weighted by Crippen LogP contribution is 2.55. The third-order valence-electron chi connectivity index (χ3n) is 19.8. The Kier molecular flexibility index (Phi) is 12.9. The third-order valence-corrected chi connectivity index (χ3v) is 19.8. The van der Waals surface area contributed by atoms with Crippen LogP contribution in [-0.4, -0.2) is 6.71 Å². The predicted octanol–water partition coefficient (Wildman–Crippen LogP) is 22.9. The van der Waals surface area contributed by atoms with Gasteiger partial charge in [-0.3, -0.25) is 0 Å². The van der Waals surface area contributed by atoms with E-state index in [1.165, 1.54) is 60.2 Å². The average molecular weight is 1200 g/mol. The number of fused-ring (bicyclic) bond motifs is 9. The molecule has 94 heavy (non-hydrogen) atoms. The van der Waals surface area contributed by atoms with E-state index >= 15 is 0 Å². The van der Waals surface area contributed by atoms with E-state index in [0.29, 0.717) is 0 Å². The second-order valence-corrected chi connectivity index (χ2v) is 26.2. The average Bonchev–Trinajstić information content (AvgIpc) is 0.737. The highest BCUT2D eigenvalue weighted by atomic mass is 16.3. The van der Waals surface area contributed by atoms with E-state index in [-0.39, 0.29) is 12.1 Å². The SMILES string of the molecule is CC(C)(C)c1cc2c3c(c1)N(c1c(-c4ccccc4)cccc1-c1ccccc1)c1cc(-c4c5ccccc5c(-c5ccccc5)c5ccccc45)ccc1B3c1cc(-c3ccc4c(c3)oc3ccccc34)ccc1N2c1c(-c2ccccc2)cccc1-c1ccccc1. The molecule has 0 amide bonds. The lowest BCUT2D eigenvalue weighted by molar-refractivity contribution is 0.590. The van der Waals surface area contributed by atoms with Gasteiger partial charge >= 0.3 is 0 Å². The van der Waals surface area contributed by atoms with Gasteiger partial charge in [-0.15, -0.1) is 0 Å². The molecule has 1 aromatic heterocycles. The van der Waals surface area contributed by atoms with Crippen molar-refractivity contribution in [1.82, 2.24) is 0 Å². The normalized spacial score (nSPS) is 12.6. The van der Waals surface area contributed by atoms with Crippen molar-refractivity contribution in [3.05, 3.63) is 333 Å². The lowest BCUT2D eigenvalue weighted by atomic mass is 9.33. The first kappa shape index (κ1) is 55.2. The highest BCUT2D eigenvalue weighted by molar-refractivity contribution is 7.00. The molecular weight excluding hydrogens is 1140 g/mol. The van der Waals surface area contributed by atoms with Crippen LogP contribution in [0.25, 0.3) is 121 Å². The number of hydrogen-bond donors (Lipinski definition) is 0. The molecule has 16 aromatic rings. The van der Waals surface area contributed by atoms with Gasteiger partial charge in [-0.2, -0.15) is 0 Å². The summed E-state index contributed by atoms with van der Waals surface area (Å²) >= 11 is 0. The Morgan fingerprint density at radius 2 is 0.660 bits per heavy atom. The largest absolute Gasteiger partial charge is 0.456 e. The van der Waals surface area contributed by atoms with Crippen molar-refractivity contribution < 1.29 is 4.42 Å². The first-order valence-electron chi connectivity index (χ1n) is 32.8. The van der Waals surface area contributed by atoms with Crippen LogP contribution in [0.5, 0.6) is 0 Å². The summed E-state index contributed by atoms with van der Waals surface area (Å²) in [5.74, 6) is 0. The molecule has 4 heteroatoms. The molecule has 0 atom stereocenters. The van der Waals surface area contributed by atoms with Gasteiger partial charge in [0.25, 0.3) is 6.71 Å².